The van der Waals surface area contributed by atoms with Gasteiger partial charge in [-0.05, 0) is 58.2 Å². The molecule has 2 rings (SSSR count). The van der Waals surface area contributed by atoms with Gasteiger partial charge in [-0.3, -0.25) is 0 Å². The third-order valence-corrected chi connectivity index (χ3v) is 4.60. The van der Waals surface area contributed by atoms with E-state index >= 15 is 0 Å². The molecule has 0 bridgehead atoms. The van der Waals surface area contributed by atoms with Gasteiger partial charge in [0.25, 0.3) is 0 Å². The van der Waals surface area contributed by atoms with Gasteiger partial charge in [0.15, 0.2) is 0 Å². The summed E-state index contributed by atoms with van der Waals surface area (Å²) in [5, 5.41) is 3.86. The van der Waals surface area contributed by atoms with Gasteiger partial charge in [-0.25, -0.2) is 0 Å². The second kappa shape index (κ2) is 7.46. The van der Waals surface area contributed by atoms with Crippen LogP contribution in [0.2, 0.25) is 0 Å². The third kappa shape index (κ3) is 4.52. The largest absolute Gasteiger partial charge is 0.328 e. The summed E-state index contributed by atoms with van der Waals surface area (Å²) in [4.78, 5) is 2.63. The summed E-state index contributed by atoms with van der Waals surface area (Å²) in [6, 6.07) is 1.89. The first-order chi connectivity index (χ1) is 8.78. The molecule has 1 heterocycles. The lowest BCUT2D eigenvalue weighted by atomic mass is 9.90. The Labute approximate surface area is 112 Å². The zero-order valence-corrected chi connectivity index (χ0v) is 12.0. The second-order valence-corrected chi connectivity index (χ2v) is 6.26. The Morgan fingerprint density at radius 2 is 1.89 bits per heavy atom. The van der Waals surface area contributed by atoms with Crippen LogP contribution in [0.15, 0.2) is 0 Å². The molecule has 3 heteroatoms. The Hall–Kier alpha value is -0.120. The van der Waals surface area contributed by atoms with Gasteiger partial charge in [-0.1, -0.05) is 19.8 Å². The molecule has 0 amide bonds. The van der Waals surface area contributed by atoms with Crippen molar-refractivity contribution in [1.82, 2.24) is 10.2 Å². The van der Waals surface area contributed by atoms with Crippen molar-refractivity contribution in [2.45, 2.75) is 76.4 Å². The summed E-state index contributed by atoms with van der Waals surface area (Å²) in [7, 11) is 0. The molecule has 106 valence electrons. The minimum atomic E-state index is 0.445. The molecule has 18 heavy (non-hydrogen) atoms. The van der Waals surface area contributed by atoms with Crippen molar-refractivity contribution < 1.29 is 0 Å². The van der Waals surface area contributed by atoms with Gasteiger partial charge in [0.2, 0.25) is 0 Å². The minimum Gasteiger partial charge on any atom is -0.328 e. The lowest BCUT2D eigenvalue weighted by Gasteiger charge is -2.36. The normalized spacial score (nSPS) is 31.7. The number of nitrogens with two attached hydrogens (primary N) is 1. The first kappa shape index (κ1) is 14.3. The van der Waals surface area contributed by atoms with Crippen molar-refractivity contribution in [2.75, 3.05) is 19.6 Å². The number of likely N-dealkylation sites (tertiary alicyclic amines) is 1. The molecule has 0 aromatic carbocycles. The van der Waals surface area contributed by atoms with E-state index in [1.165, 1.54) is 71.0 Å². The van der Waals surface area contributed by atoms with E-state index in [9.17, 15) is 0 Å². The number of unbranched alkanes of at least 4 members (excludes halogenated alkanes) is 1. The van der Waals surface area contributed by atoms with Gasteiger partial charge in [0.05, 0.1) is 0 Å². The van der Waals surface area contributed by atoms with Crippen molar-refractivity contribution in [3.05, 3.63) is 0 Å². The van der Waals surface area contributed by atoms with Crippen LogP contribution in [-0.4, -0.2) is 42.7 Å². The highest BCUT2D eigenvalue weighted by molar-refractivity contribution is 4.85. The topological polar surface area (TPSA) is 41.3 Å². The zero-order valence-electron chi connectivity index (χ0n) is 12.0. The highest BCUT2D eigenvalue weighted by Gasteiger charge is 2.24. The Balaban J connectivity index is 1.63. The number of hydrogen-bond donors (Lipinski definition) is 2. The minimum absolute atomic E-state index is 0.445. The maximum Gasteiger partial charge on any atom is 0.00940 e. The van der Waals surface area contributed by atoms with Crippen molar-refractivity contribution >= 4 is 0 Å². The number of nitrogens with one attached hydrogen (secondary N) is 1. The van der Waals surface area contributed by atoms with E-state index in [1.54, 1.807) is 0 Å². The molecule has 2 fully saturated rings. The van der Waals surface area contributed by atoms with Crippen LogP contribution >= 0.6 is 0 Å². The van der Waals surface area contributed by atoms with Gasteiger partial charge < -0.3 is 16.0 Å². The van der Waals surface area contributed by atoms with E-state index in [0.717, 1.165) is 6.04 Å². The highest BCUT2D eigenvalue weighted by atomic mass is 15.1. The van der Waals surface area contributed by atoms with Gasteiger partial charge in [-0.2, -0.15) is 0 Å². The van der Waals surface area contributed by atoms with Gasteiger partial charge in [0, 0.05) is 18.1 Å². The van der Waals surface area contributed by atoms with E-state index in [0.29, 0.717) is 12.1 Å². The van der Waals surface area contributed by atoms with Crippen LogP contribution in [-0.2, 0) is 0 Å². The number of piperidine rings is 1. The predicted octanol–water partition coefficient (Wildman–Crippen LogP) is 2.11. The lowest BCUT2D eigenvalue weighted by molar-refractivity contribution is 0.180. The fraction of sp³-hybridized carbons (Fsp3) is 1.00. The molecule has 0 aromatic rings. The Morgan fingerprint density at radius 1 is 1.11 bits per heavy atom. The first-order valence-corrected chi connectivity index (χ1v) is 8.02. The summed E-state index contributed by atoms with van der Waals surface area (Å²) in [6.07, 6.45) is 10.4. The van der Waals surface area contributed by atoms with E-state index in [1.807, 2.05) is 0 Å². The number of nitrogens with zero attached hydrogens (tertiary/aromatic N) is 1. The Kier molecular flexibility index (Phi) is 5.93. The average Bonchev–Trinajstić information content (AvgIpc) is 2.38. The summed E-state index contributed by atoms with van der Waals surface area (Å²) >= 11 is 0. The predicted molar refractivity (Wildman–Crippen MR) is 77.7 cm³/mol. The molecule has 3 nitrogen and oxygen atoms in total. The first-order valence-electron chi connectivity index (χ1n) is 8.02. The highest BCUT2D eigenvalue weighted by Crippen LogP contribution is 2.19. The maximum absolute atomic E-state index is 6.06. The molecular weight excluding hydrogens is 222 g/mol. The van der Waals surface area contributed by atoms with E-state index in [2.05, 4.69) is 17.1 Å². The number of hydrogen-bond acceptors (Lipinski definition) is 3. The Morgan fingerprint density at radius 3 is 2.56 bits per heavy atom. The molecule has 0 aromatic heterocycles. The van der Waals surface area contributed by atoms with E-state index < -0.39 is 0 Å². The molecule has 0 spiro atoms. The molecular formula is C15H31N3. The van der Waals surface area contributed by atoms with E-state index in [-0.39, 0.29) is 0 Å². The Bertz CT molecular complexity index is 224. The molecule has 1 aliphatic carbocycles. The smallest absolute Gasteiger partial charge is 0.00940 e. The van der Waals surface area contributed by atoms with Gasteiger partial charge in [-0.15, -0.1) is 0 Å². The molecule has 2 atom stereocenters. The van der Waals surface area contributed by atoms with Crippen LogP contribution in [0.25, 0.3) is 0 Å². The molecule has 1 saturated heterocycles. The van der Waals surface area contributed by atoms with Crippen LogP contribution in [0.4, 0.5) is 0 Å². The van der Waals surface area contributed by atoms with Crippen molar-refractivity contribution in [3.8, 4) is 0 Å². The average molecular weight is 253 g/mol. The maximum atomic E-state index is 6.06. The molecule has 2 aliphatic rings. The standard InChI is InChI=1S/C15H31N3/c1-2-3-9-18-10-7-14(8-11-18)17-15-6-4-5-13(16)12-15/h13-15,17H,2-12,16H2,1H3. The SMILES string of the molecule is CCCCN1CCC(NC2CCCC(N)C2)CC1. The fourth-order valence-corrected chi connectivity index (χ4v) is 3.42. The molecule has 1 aliphatic heterocycles. The summed E-state index contributed by atoms with van der Waals surface area (Å²) < 4.78 is 0. The summed E-state index contributed by atoms with van der Waals surface area (Å²) in [5.41, 5.74) is 6.06. The van der Waals surface area contributed by atoms with E-state index in [4.69, 9.17) is 5.73 Å². The lowest BCUT2D eigenvalue weighted by Crippen LogP contribution is -2.48. The summed E-state index contributed by atoms with van der Waals surface area (Å²) in [5.74, 6) is 0. The van der Waals surface area contributed by atoms with Gasteiger partial charge in [0.1, 0.15) is 0 Å². The van der Waals surface area contributed by atoms with Crippen LogP contribution in [0.5, 0.6) is 0 Å². The van der Waals surface area contributed by atoms with Crippen molar-refractivity contribution in [3.63, 3.8) is 0 Å². The quantitative estimate of drug-likeness (QED) is 0.788. The van der Waals surface area contributed by atoms with Crippen LogP contribution in [0.3, 0.4) is 0 Å². The fourth-order valence-electron chi connectivity index (χ4n) is 3.42. The molecule has 3 N–H and O–H groups in total. The molecule has 2 unspecified atom stereocenters. The summed E-state index contributed by atoms with van der Waals surface area (Å²) in [6.45, 7) is 6.16. The molecule has 1 saturated carbocycles. The van der Waals surface area contributed by atoms with Crippen LogP contribution in [0.1, 0.15) is 58.3 Å². The second-order valence-electron chi connectivity index (χ2n) is 6.26. The third-order valence-electron chi connectivity index (χ3n) is 4.60. The monoisotopic (exact) mass is 253 g/mol. The van der Waals surface area contributed by atoms with Crippen molar-refractivity contribution in [2.24, 2.45) is 5.73 Å². The number of rotatable bonds is 5. The van der Waals surface area contributed by atoms with Crippen molar-refractivity contribution in [1.29, 1.82) is 0 Å². The van der Waals surface area contributed by atoms with Crippen LogP contribution < -0.4 is 11.1 Å². The molecule has 0 radical (unpaired) electrons. The van der Waals surface area contributed by atoms with Gasteiger partial charge >= 0.3 is 0 Å². The van der Waals surface area contributed by atoms with Crippen LogP contribution in [0, 0.1) is 0 Å². The zero-order chi connectivity index (χ0) is 12.8.